The average Bonchev–Trinajstić information content (AvgIpc) is 2.27. The van der Waals surface area contributed by atoms with Crippen molar-refractivity contribution in [3.05, 3.63) is 35.9 Å². The van der Waals surface area contributed by atoms with Gasteiger partial charge < -0.3 is 10.4 Å². The number of rotatable bonds is 4. The molecule has 2 rings (SSSR count). The Labute approximate surface area is 108 Å². The Hall–Kier alpha value is -1.39. The molecule has 0 aliphatic carbocycles. The summed E-state index contributed by atoms with van der Waals surface area (Å²) in [6.45, 7) is 5.25. The van der Waals surface area contributed by atoms with Gasteiger partial charge in [0.1, 0.15) is 0 Å². The fraction of sp³-hybridized carbons (Fsp3) is 0.500. The van der Waals surface area contributed by atoms with Gasteiger partial charge in [-0.25, -0.2) is 0 Å². The summed E-state index contributed by atoms with van der Waals surface area (Å²) in [5.74, 6) is 0.00172. The molecule has 1 heterocycles. The van der Waals surface area contributed by atoms with Crippen molar-refractivity contribution in [1.29, 1.82) is 0 Å². The van der Waals surface area contributed by atoms with Crippen LogP contribution in [0.15, 0.2) is 30.3 Å². The number of benzene rings is 1. The molecular formula is C14H20N2O2. The number of β-amino-alcohol motifs (C(OH)–C–C–N with tert-alkyl or cyclic N) is 1. The molecule has 1 atom stereocenters. The molecule has 18 heavy (non-hydrogen) atoms. The maximum absolute atomic E-state index is 11.8. The van der Waals surface area contributed by atoms with Gasteiger partial charge in [0.15, 0.2) is 0 Å². The minimum absolute atomic E-state index is 0.00172. The second-order valence-electron chi connectivity index (χ2n) is 5.34. The third-order valence-corrected chi connectivity index (χ3v) is 3.17. The molecule has 1 unspecified atom stereocenters. The molecule has 1 amide bonds. The van der Waals surface area contributed by atoms with Gasteiger partial charge in [0.2, 0.25) is 5.91 Å². The van der Waals surface area contributed by atoms with E-state index in [4.69, 9.17) is 0 Å². The molecule has 1 aromatic rings. The zero-order chi connectivity index (χ0) is 13.2. The molecular weight excluding hydrogens is 228 g/mol. The number of nitrogens with zero attached hydrogens (tertiary/aromatic N) is 1. The number of hydrogen-bond acceptors (Lipinski definition) is 3. The van der Waals surface area contributed by atoms with E-state index in [1.54, 1.807) is 6.92 Å². The van der Waals surface area contributed by atoms with E-state index < -0.39 is 5.60 Å². The summed E-state index contributed by atoms with van der Waals surface area (Å²) in [4.78, 5) is 13.7. The first-order valence-corrected chi connectivity index (χ1v) is 6.25. The van der Waals surface area contributed by atoms with Gasteiger partial charge in [0.05, 0.1) is 18.2 Å². The molecule has 1 saturated heterocycles. The molecule has 1 aliphatic heterocycles. The van der Waals surface area contributed by atoms with Crippen LogP contribution in [0, 0.1) is 0 Å². The predicted octanol–water partition coefficient (Wildman–Crippen LogP) is 0.930. The van der Waals surface area contributed by atoms with E-state index in [-0.39, 0.29) is 11.9 Å². The van der Waals surface area contributed by atoms with Crippen LogP contribution in [0.2, 0.25) is 0 Å². The third-order valence-electron chi connectivity index (χ3n) is 3.17. The molecule has 0 spiro atoms. The van der Waals surface area contributed by atoms with Crippen LogP contribution in [0.3, 0.4) is 0 Å². The highest BCUT2D eigenvalue weighted by molar-refractivity contribution is 5.78. The van der Waals surface area contributed by atoms with E-state index in [9.17, 15) is 9.90 Å². The van der Waals surface area contributed by atoms with Crippen LogP contribution in [-0.4, -0.2) is 41.1 Å². The van der Waals surface area contributed by atoms with Gasteiger partial charge in [-0.15, -0.1) is 0 Å². The molecule has 98 valence electrons. The lowest BCUT2D eigenvalue weighted by Crippen LogP contribution is -2.61. The first-order chi connectivity index (χ1) is 8.46. The van der Waals surface area contributed by atoms with Gasteiger partial charge in [0.25, 0.3) is 0 Å². The SMILES string of the molecule is CC(NC(=O)CN1CC(C)(O)C1)c1ccccc1. The van der Waals surface area contributed by atoms with Crippen molar-refractivity contribution in [3.63, 3.8) is 0 Å². The molecule has 0 saturated carbocycles. The van der Waals surface area contributed by atoms with Crippen molar-refractivity contribution in [2.45, 2.75) is 25.5 Å². The topological polar surface area (TPSA) is 52.6 Å². The van der Waals surface area contributed by atoms with Crippen molar-refractivity contribution in [2.75, 3.05) is 19.6 Å². The number of amides is 1. The Bertz CT molecular complexity index is 409. The van der Waals surface area contributed by atoms with Crippen molar-refractivity contribution in [1.82, 2.24) is 10.2 Å². The van der Waals surface area contributed by atoms with Crippen LogP contribution in [0.5, 0.6) is 0 Å². The molecule has 2 N–H and O–H groups in total. The normalized spacial score (nSPS) is 19.9. The largest absolute Gasteiger partial charge is 0.388 e. The van der Waals surface area contributed by atoms with Gasteiger partial charge in [-0.2, -0.15) is 0 Å². The van der Waals surface area contributed by atoms with E-state index in [2.05, 4.69) is 5.32 Å². The minimum atomic E-state index is -0.620. The van der Waals surface area contributed by atoms with Crippen molar-refractivity contribution >= 4 is 5.91 Å². The lowest BCUT2D eigenvalue weighted by molar-refractivity contribution is -0.130. The second kappa shape index (κ2) is 5.08. The highest BCUT2D eigenvalue weighted by Gasteiger charge is 2.37. The Balaban J connectivity index is 1.78. The minimum Gasteiger partial charge on any atom is -0.388 e. The Morgan fingerprint density at radius 1 is 1.44 bits per heavy atom. The standard InChI is InChI=1S/C14H20N2O2/c1-11(12-6-4-3-5-7-12)15-13(17)8-16-9-14(2,18)10-16/h3-7,11,18H,8-10H2,1-2H3,(H,15,17). The molecule has 0 bridgehead atoms. The van der Waals surface area contributed by atoms with E-state index in [0.29, 0.717) is 19.6 Å². The highest BCUT2D eigenvalue weighted by Crippen LogP contribution is 2.19. The summed E-state index contributed by atoms with van der Waals surface area (Å²) in [6, 6.07) is 9.90. The van der Waals surface area contributed by atoms with Crippen LogP contribution < -0.4 is 5.32 Å². The van der Waals surface area contributed by atoms with Crippen molar-refractivity contribution < 1.29 is 9.90 Å². The molecule has 1 fully saturated rings. The van der Waals surface area contributed by atoms with E-state index in [1.807, 2.05) is 42.2 Å². The fourth-order valence-electron chi connectivity index (χ4n) is 2.34. The van der Waals surface area contributed by atoms with E-state index in [0.717, 1.165) is 5.56 Å². The third kappa shape index (κ3) is 3.31. The first kappa shape index (κ1) is 13.1. The number of likely N-dealkylation sites (tertiary alicyclic amines) is 1. The Kier molecular flexibility index (Phi) is 3.68. The second-order valence-corrected chi connectivity index (χ2v) is 5.34. The monoisotopic (exact) mass is 248 g/mol. The van der Waals surface area contributed by atoms with E-state index in [1.165, 1.54) is 0 Å². The molecule has 0 aromatic heterocycles. The van der Waals surface area contributed by atoms with Crippen molar-refractivity contribution in [3.8, 4) is 0 Å². The molecule has 4 nitrogen and oxygen atoms in total. The number of carbonyl (C=O) groups is 1. The summed E-state index contributed by atoms with van der Waals surface area (Å²) < 4.78 is 0. The van der Waals surface area contributed by atoms with Gasteiger partial charge >= 0.3 is 0 Å². The molecule has 0 radical (unpaired) electrons. The number of hydrogen-bond donors (Lipinski definition) is 2. The summed E-state index contributed by atoms with van der Waals surface area (Å²) in [5.41, 5.74) is 0.479. The number of nitrogens with one attached hydrogen (secondary N) is 1. The van der Waals surface area contributed by atoms with E-state index >= 15 is 0 Å². The highest BCUT2D eigenvalue weighted by atomic mass is 16.3. The fourth-order valence-corrected chi connectivity index (χ4v) is 2.34. The zero-order valence-electron chi connectivity index (χ0n) is 10.9. The molecule has 1 aromatic carbocycles. The lowest BCUT2D eigenvalue weighted by Gasteiger charge is -2.43. The summed E-state index contributed by atoms with van der Waals surface area (Å²) in [7, 11) is 0. The number of carbonyl (C=O) groups excluding carboxylic acids is 1. The average molecular weight is 248 g/mol. The summed E-state index contributed by atoms with van der Waals surface area (Å²) in [6.07, 6.45) is 0. The molecule has 4 heteroatoms. The Morgan fingerprint density at radius 3 is 2.61 bits per heavy atom. The van der Waals surface area contributed by atoms with Gasteiger partial charge in [-0.3, -0.25) is 9.69 Å². The number of aliphatic hydroxyl groups is 1. The maximum atomic E-state index is 11.8. The maximum Gasteiger partial charge on any atom is 0.234 e. The van der Waals surface area contributed by atoms with Crippen LogP contribution >= 0.6 is 0 Å². The summed E-state index contributed by atoms with van der Waals surface area (Å²) in [5, 5.41) is 12.5. The van der Waals surface area contributed by atoms with Crippen LogP contribution in [-0.2, 0) is 4.79 Å². The lowest BCUT2D eigenvalue weighted by atomic mass is 9.97. The van der Waals surface area contributed by atoms with Gasteiger partial charge in [-0.05, 0) is 19.4 Å². The van der Waals surface area contributed by atoms with Crippen molar-refractivity contribution in [2.24, 2.45) is 0 Å². The van der Waals surface area contributed by atoms with Crippen LogP contribution in [0.4, 0.5) is 0 Å². The quantitative estimate of drug-likeness (QED) is 0.833. The van der Waals surface area contributed by atoms with Crippen LogP contribution in [0.25, 0.3) is 0 Å². The predicted molar refractivity (Wildman–Crippen MR) is 70.1 cm³/mol. The smallest absolute Gasteiger partial charge is 0.234 e. The zero-order valence-corrected chi connectivity index (χ0v) is 10.9. The Morgan fingerprint density at radius 2 is 2.06 bits per heavy atom. The first-order valence-electron chi connectivity index (χ1n) is 6.25. The molecule has 1 aliphatic rings. The van der Waals surface area contributed by atoms with Gasteiger partial charge in [0, 0.05) is 13.1 Å². The summed E-state index contributed by atoms with van der Waals surface area (Å²) >= 11 is 0. The van der Waals surface area contributed by atoms with Gasteiger partial charge in [-0.1, -0.05) is 30.3 Å². The van der Waals surface area contributed by atoms with Crippen LogP contribution in [0.1, 0.15) is 25.5 Å².